The van der Waals surface area contributed by atoms with E-state index in [1.54, 1.807) is 42.7 Å². The molecule has 0 bridgehead atoms. The number of ether oxygens (including phenoxy) is 1. The van der Waals surface area contributed by atoms with E-state index in [9.17, 15) is 9.59 Å². The molecule has 0 saturated heterocycles. The molecule has 0 aliphatic heterocycles. The largest absolute Gasteiger partial charge is 0.495 e. The van der Waals surface area contributed by atoms with Crippen molar-refractivity contribution in [3.8, 4) is 5.75 Å². The highest BCUT2D eigenvalue weighted by Crippen LogP contribution is 2.20. The Balaban J connectivity index is 1.78. The van der Waals surface area contributed by atoms with Crippen molar-refractivity contribution in [3.05, 3.63) is 83.2 Å². The Bertz CT molecular complexity index is 1030. The number of anilines is 2. The van der Waals surface area contributed by atoms with Crippen molar-refractivity contribution in [2.75, 3.05) is 17.7 Å². The molecule has 6 heteroatoms. The van der Waals surface area contributed by atoms with E-state index in [2.05, 4.69) is 15.6 Å². The number of methoxy groups -OCH3 is 1. The van der Waals surface area contributed by atoms with E-state index >= 15 is 0 Å². The number of aromatic nitrogens is 1. The Morgan fingerprint density at radius 1 is 0.893 bits per heavy atom. The monoisotopic (exact) mass is 375 g/mol. The van der Waals surface area contributed by atoms with Crippen molar-refractivity contribution >= 4 is 23.2 Å². The minimum absolute atomic E-state index is 0.226. The van der Waals surface area contributed by atoms with Crippen molar-refractivity contribution in [1.29, 1.82) is 0 Å². The summed E-state index contributed by atoms with van der Waals surface area (Å²) in [4.78, 5) is 29.2. The number of aryl methyl sites for hydroxylation is 2. The summed E-state index contributed by atoms with van der Waals surface area (Å²) < 4.78 is 5.12. The lowest BCUT2D eigenvalue weighted by Gasteiger charge is -2.11. The third-order valence-electron chi connectivity index (χ3n) is 4.23. The fourth-order valence-corrected chi connectivity index (χ4v) is 2.73. The molecule has 0 aliphatic rings. The van der Waals surface area contributed by atoms with Gasteiger partial charge in [-0.05, 0) is 43.7 Å². The van der Waals surface area contributed by atoms with Crippen LogP contribution in [0.5, 0.6) is 5.75 Å². The number of benzene rings is 2. The molecule has 2 amide bonds. The number of carbonyl (C=O) groups excluding carboxylic acids is 2. The van der Waals surface area contributed by atoms with Crippen molar-refractivity contribution in [1.82, 2.24) is 4.98 Å². The number of rotatable bonds is 5. The number of carbonyl (C=O) groups is 2. The second-order valence-electron chi connectivity index (χ2n) is 6.42. The third kappa shape index (κ3) is 4.54. The summed E-state index contributed by atoms with van der Waals surface area (Å²) in [6.45, 7) is 3.77. The van der Waals surface area contributed by atoms with E-state index in [0.29, 0.717) is 28.3 Å². The van der Waals surface area contributed by atoms with E-state index in [0.717, 1.165) is 11.1 Å². The van der Waals surface area contributed by atoms with Crippen LogP contribution in [0.3, 0.4) is 0 Å². The molecule has 0 radical (unpaired) electrons. The van der Waals surface area contributed by atoms with Gasteiger partial charge in [0.1, 0.15) is 5.75 Å². The van der Waals surface area contributed by atoms with E-state index < -0.39 is 0 Å². The van der Waals surface area contributed by atoms with Crippen molar-refractivity contribution < 1.29 is 14.3 Å². The quantitative estimate of drug-likeness (QED) is 0.700. The van der Waals surface area contributed by atoms with Crippen LogP contribution in [0.25, 0.3) is 0 Å². The molecular weight excluding hydrogens is 354 g/mol. The summed E-state index contributed by atoms with van der Waals surface area (Å²) in [7, 11) is 1.53. The van der Waals surface area contributed by atoms with Gasteiger partial charge in [-0.3, -0.25) is 14.6 Å². The summed E-state index contributed by atoms with van der Waals surface area (Å²) in [5, 5.41) is 5.64. The Hall–Kier alpha value is -3.67. The first-order valence-corrected chi connectivity index (χ1v) is 8.75. The molecule has 2 N–H and O–H groups in total. The van der Waals surface area contributed by atoms with E-state index in [1.165, 1.54) is 7.11 Å². The van der Waals surface area contributed by atoms with Crippen LogP contribution in [0.1, 0.15) is 31.8 Å². The van der Waals surface area contributed by atoms with Gasteiger partial charge in [0.05, 0.1) is 25.2 Å². The zero-order valence-corrected chi connectivity index (χ0v) is 15.9. The first-order valence-electron chi connectivity index (χ1n) is 8.75. The topological polar surface area (TPSA) is 80.3 Å². The van der Waals surface area contributed by atoms with Crippen LogP contribution in [0.2, 0.25) is 0 Å². The van der Waals surface area contributed by atoms with Gasteiger partial charge in [-0.1, -0.05) is 23.8 Å². The highest BCUT2D eigenvalue weighted by Gasteiger charge is 2.13. The summed E-state index contributed by atoms with van der Waals surface area (Å²) >= 11 is 0. The van der Waals surface area contributed by atoms with Crippen molar-refractivity contribution in [3.63, 3.8) is 0 Å². The number of amides is 2. The Kier molecular flexibility index (Phi) is 5.69. The van der Waals surface area contributed by atoms with Crippen molar-refractivity contribution in [2.24, 2.45) is 0 Å². The van der Waals surface area contributed by atoms with Crippen LogP contribution in [0, 0.1) is 13.8 Å². The van der Waals surface area contributed by atoms with Crippen LogP contribution in [0.15, 0.2) is 60.9 Å². The first-order chi connectivity index (χ1) is 13.5. The molecule has 0 saturated carbocycles. The van der Waals surface area contributed by atoms with Crippen molar-refractivity contribution in [2.45, 2.75) is 13.8 Å². The molecule has 3 rings (SSSR count). The molecule has 28 heavy (non-hydrogen) atoms. The van der Waals surface area contributed by atoms with Crippen LogP contribution >= 0.6 is 0 Å². The maximum absolute atomic E-state index is 12.7. The second-order valence-corrected chi connectivity index (χ2v) is 6.42. The maximum Gasteiger partial charge on any atom is 0.256 e. The predicted octanol–water partition coefficient (Wildman–Crippen LogP) is 4.21. The molecule has 0 unspecified atom stereocenters. The number of hydrogen-bond donors (Lipinski definition) is 2. The van der Waals surface area contributed by atoms with Gasteiger partial charge in [-0.2, -0.15) is 0 Å². The normalized spacial score (nSPS) is 10.2. The second kappa shape index (κ2) is 8.35. The van der Waals surface area contributed by atoms with Gasteiger partial charge in [-0.15, -0.1) is 0 Å². The van der Waals surface area contributed by atoms with Gasteiger partial charge in [0.15, 0.2) is 0 Å². The van der Waals surface area contributed by atoms with E-state index in [-0.39, 0.29) is 11.8 Å². The fourth-order valence-electron chi connectivity index (χ4n) is 2.73. The van der Waals surface area contributed by atoms with Gasteiger partial charge in [0.2, 0.25) is 0 Å². The lowest BCUT2D eigenvalue weighted by Crippen LogP contribution is -2.16. The summed E-state index contributed by atoms with van der Waals surface area (Å²) in [5.74, 6) is 0.0313. The van der Waals surface area contributed by atoms with Gasteiger partial charge in [0.25, 0.3) is 11.8 Å². The SMILES string of the molecule is COc1cncc(NC(=O)c2cc(NC(=O)c3cccc(C)c3)ccc2C)c1. The molecule has 0 atom stereocenters. The van der Waals surface area contributed by atoms with Crippen LogP contribution in [-0.2, 0) is 0 Å². The molecular formula is C22H21N3O3. The van der Waals surface area contributed by atoms with Gasteiger partial charge >= 0.3 is 0 Å². The van der Waals surface area contributed by atoms with Gasteiger partial charge in [0, 0.05) is 22.9 Å². The highest BCUT2D eigenvalue weighted by molar-refractivity contribution is 6.08. The standard InChI is InChI=1S/C22H21N3O3/c1-14-5-4-6-16(9-14)21(26)24-17-8-7-15(2)20(11-17)22(27)25-18-10-19(28-3)13-23-12-18/h4-13H,1-3H3,(H,24,26)(H,25,27). The smallest absolute Gasteiger partial charge is 0.256 e. The van der Waals surface area contributed by atoms with Gasteiger partial charge < -0.3 is 15.4 Å². The molecule has 142 valence electrons. The van der Waals surface area contributed by atoms with Crippen LogP contribution < -0.4 is 15.4 Å². The summed E-state index contributed by atoms with van der Waals surface area (Å²) in [6, 6.07) is 14.2. The Labute approximate surface area is 163 Å². The summed E-state index contributed by atoms with van der Waals surface area (Å²) in [5.41, 5.74) is 3.90. The van der Waals surface area contributed by atoms with Crippen LogP contribution in [0.4, 0.5) is 11.4 Å². The van der Waals surface area contributed by atoms with Crippen LogP contribution in [-0.4, -0.2) is 23.9 Å². The molecule has 0 fully saturated rings. The minimum Gasteiger partial charge on any atom is -0.495 e. The fraction of sp³-hybridized carbons (Fsp3) is 0.136. The van der Waals surface area contributed by atoms with E-state index in [1.807, 2.05) is 32.0 Å². The minimum atomic E-state index is -0.292. The number of nitrogens with zero attached hydrogens (tertiary/aromatic N) is 1. The summed E-state index contributed by atoms with van der Waals surface area (Å²) in [6.07, 6.45) is 3.10. The Morgan fingerprint density at radius 3 is 2.43 bits per heavy atom. The third-order valence-corrected chi connectivity index (χ3v) is 4.23. The molecule has 3 aromatic rings. The molecule has 0 aliphatic carbocycles. The molecule has 2 aromatic carbocycles. The number of nitrogens with one attached hydrogen (secondary N) is 2. The zero-order valence-electron chi connectivity index (χ0n) is 15.9. The zero-order chi connectivity index (χ0) is 20.1. The maximum atomic E-state index is 12.7. The first kappa shape index (κ1) is 19.1. The number of hydrogen-bond acceptors (Lipinski definition) is 4. The van der Waals surface area contributed by atoms with E-state index in [4.69, 9.17) is 4.74 Å². The molecule has 0 spiro atoms. The lowest BCUT2D eigenvalue weighted by molar-refractivity contribution is 0.101. The average molecular weight is 375 g/mol. The van der Waals surface area contributed by atoms with Gasteiger partial charge in [-0.25, -0.2) is 0 Å². The molecule has 1 aromatic heterocycles. The number of pyridine rings is 1. The lowest BCUT2D eigenvalue weighted by atomic mass is 10.1. The average Bonchev–Trinajstić information content (AvgIpc) is 2.69. The molecule has 6 nitrogen and oxygen atoms in total. The Morgan fingerprint density at radius 2 is 1.68 bits per heavy atom. The predicted molar refractivity (Wildman–Crippen MR) is 109 cm³/mol. The molecule has 1 heterocycles. The highest BCUT2D eigenvalue weighted by atomic mass is 16.5.